The minimum atomic E-state index is -1.26. The third kappa shape index (κ3) is 8.31. The quantitative estimate of drug-likeness (QED) is 0.280. The van der Waals surface area contributed by atoms with E-state index < -0.39 is 22.8 Å². The van der Waals surface area contributed by atoms with E-state index >= 15 is 0 Å². The summed E-state index contributed by atoms with van der Waals surface area (Å²) in [5.74, 6) is -1.86. The van der Waals surface area contributed by atoms with E-state index in [9.17, 15) is 19.5 Å². The maximum Gasteiger partial charge on any atom is 1.00 e. The number of hydrogen-bond donors (Lipinski definition) is 1. The van der Waals surface area contributed by atoms with E-state index in [1.54, 1.807) is 13.8 Å². The summed E-state index contributed by atoms with van der Waals surface area (Å²) >= 11 is 9.42. The van der Waals surface area contributed by atoms with Crippen LogP contribution in [0.25, 0.3) is 0 Å². The molecule has 3 aliphatic rings. The van der Waals surface area contributed by atoms with Crippen LogP contribution in [-0.4, -0.2) is 77.0 Å². The number of fused-ring (bicyclic) bond motifs is 3. The zero-order valence-corrected chi connectivity index (χ0v) is 31.7. The number of carboxylic acids is 1. The number of aliphatic carboxylic acids is 1. The summed E-state index contributed by atoms with van der Waals surface area (Å²) < 4.78 is -0.641. The molecule has 2 fully saturated rings. The van der Waals surface area contributed by atoms with Crippen molar-refractivity contribution in [3.63, 3.8) is 0 Å². The van der Waals surface area contributed by atoms with Gasteiger partial charge >= 0.3 is 51.4 Å². The van der Waals surface area contributed by atoms with Crippen molar-refractivity contribution >= 4 is 64.3 Å². The summed E-state index contributed by atoms with van der Waals surface area (Å²) in [4.78, 5) is 44.2. The van der Waals surface area contributed by atoms with E-state index in [1.807, 2.05) is 48.2 Å². The maximum absolute atomic E-state index is 12.2. The van der Waals surface area contributed by atoms with Gasteiger partial charge in [0.2, 0.25) is 11.8 Å². The van der Waals surface area contributed by atoms with Crippen molar-refractivity contribution in [3.05, 3.63) is 83.4 Å². The van der Waals surface area contributed by atoms with Gasteiger partial charge in [0, 0.05) is 26.1 Å². The van der Waals surface area contributed by atoms with Gasteiger partial charge in [-0.1, -0.05) is 65.8 Å². The molecular formula is C33H36ClKN4O4S2. The molecule has 2 saturated heterocycles. The van der Waals surface area contributed by atoms with Crippen molar-refractivity contribution < 1.29 is 70.9 Å². The third-order valence-corrected chi connectivity index (χ3v) is 10.7. The molecule has 0 spiro atoms. The molecule has 0 saturated carbocycles. The van der Waals surface area contributed by atoms with E-state index in [4.69, 9.17) is 11.6 Å². The zero-order chi connectivity index (χ0) is 31.6. The fourth-order valence-corrected chi connectivity index (χ4v) is 8.58. The topological polar surface area (TPSA) is 96.0 Å². The Kier molecular flexibility index (Phi) is 12.6. The van der Waals surface area contributed by atoms with Gasteiger partial charge in [0.1, 0.15) is 11.4 Å². The molecule has 3 atom stereocenters. The minimum absolute atomic E-state index is 0. The Morgan fingerprint density at radius 1 is 1.00 bits per heavy atom. The van der Waals surface area contributed by atoms with Crippen LogP contribution in [0.2, 0.25) is 5.02 Å². The zero-order valence-electron chi connectivity index (χ0n) is 26.2. The van der Waals surface area contributed by atoms with Gasteiger partial charge in [-0.25, -0.2) is 0 Å². The number of carbonyl (C=O) groups excluding carboxylic acids is 3. The van der Waals surface area contributed by atoms with Crippen LogP contribution in [0.5, 0.6) is 0 Å². The second kappa shape index (κ2) is 15.6. The number of β-lactam (4-membered cyclic amide) rings is 1. The first-order chi connectivity index (χ1) is 21.0. The number of nitrogens with zero attached hydrogens (tertiary/aromatic N) is 3. The minimum Gasteiger partial charge on any atom is -0.548 e. The number of thioether (sulfide) groups is 1. The SMILES string of the molecule is CC1(C)S[C@@H]2[C@H](NC(=O)Cc3ccccc3)C(=O)N2[C@H]1C(=O)[O-].CN(C)CCCN1c2ccccc2Sc2ccc(Cl)cc21.[K+]. The molecule has 8 nitrogen and oxygen atoms in total. The second-order valence-electron chi connectivity index (χ2n) is 11.8. The summed E-state index contributed by atoms with van der Waals surface area (Å²) in [7, 11) is 4.23. The van der Waals surface area contributed by atoms with Crippen molar-refractivity contribution in [3.8, 4) is 0 Å². The Morgan fingerprint density at radius 2 is 1.67 bits per heavy atom. The molecule has 6 rings (SSSR count). The molecule has 0 bridgehead atoms. The molecule has 0 aliphatic carbocycles. The molecule has 3 aromatic carbocycles. The van der Waals surface area contributed by atoms with Crippen LogP contribution in [-0.2, 0) is 20.8 Å². The number of rotatable bonds is 8. The van der Waals surface area contributed by atoms with Crippen LogP contribution in [0.15, 0.2) is 82.6 Å². The largest absolute Gasteiger partial charge is 1.00 e. The predicted molar refractivity (Wildman–Crippen MR) is 175 cm³/mol. The molecule has 3 aliphatic heterocycles. The predicted octanol–water partition coefficient (Wildman–Crippen LogP) is 1.42. The van der Waals surface area contributed by atoms with Gasteiger partial charge in [-0.05, 0) is 76.8 Å². The van der Waals surface area contributed by atoms with Gasteiger partial charge in [0.25, 0.3) is 0 Å². The maximum atomic E-state index is 12.2. The number of halogens is 1. The van der Waals surface area contributed by atoms with Crippen LogP contribution in [0.4, 0.5) is 11.4 Å². The van der Waals surface area contributed by atoms with Gasteiger partial charge in [-0.2, -0.15) is 0 Å². The normalized spacial score (nSPS) is 20.5. The second-order valence-corrected chi connectivity index (χ2v) is 15.1. The number of carboxylic acid groups (broad SMARTS) is 1. The number of anilines is 2. The molecule has 0 aromatic heterocycles. The molecule has 0 unspecified atom stereocenters. The Bertz CT molecular complexity index is 1540. The average molecular weight is 691 g/mol. The van der Waals surface area contributed by atoms with Crippen molar-refractivity contribution in [1.29, 1.82) is 0 Å². The first-order valence-electron chi connectivity index (χ1n) is 14.5. The van der Waals surface area contributed by atoms with E-state index in [0.29, 0.717) is 0 Å². The third-order valence-electron chi connectivity index (χ3n) is 7.76. The van der Waals surface area contributed by atoms with E-state index in [2.05, 4.69) is 65.6 Å². The standard InChI is InChI=1S/C17H19ClN2S.C16H18N2O4S.K/c1-19(2)10-5-11-20-14-6-3-4-7-16(14)21-17-9-8-13(18)12-15(17)20;1-16(2)12(15(21)22)18-13(20)11(14(18)23-16)17-10(19)8-9-6-4-3-5-7-9;/h3-4,6-9,12H,5,10-11H2,1-2H3;3-7,11-12,14H,8H2,1-2H3,(H,17,19)(H,21,22);/q;;+1/p-1/t;11-,12+,14-;/m.1./s1. The van der Waals surface area contributed by atoms with E-state index in [-0.39, 0.29) is 75.0 Å². The van der Waals surface area contributed by atoms with Gasteiger partial charge in [-0.15, -0.1) is 11.8 Å². The summed E-state index contributed by atoms with van der Waals surface area (Å²) in [6.45, 7) is 5.63. The molecule has 0 radical (unpaired) electrons. The molecule has 12 heteroatoms. The first-order valence-corrected chi connectivity index (χ1v) is 16.6. The first kappa shape index (κ1) is 36.3. The van der Waals surface area contributed by atoms with Crippen molar-refractivity contribution in [2.24, 2.45) is 0 Å². The number of amides is 2. The fraction of sp³-hybridized carbons (Fsp3) is 0.364. The molecule has 2 amide bonds. The number of nitrogens with one attached hydrogen (secondary N) is 1. The Balaban J connectivity index is 0.000000201. The fourth-order valence-electron chi connectivity index (χ4n) is 5.72. The summed E-state index contributed by atoms with van der Waals surface area (Å²) in [5, 5.41) is 14.5. The molecule has 3 aromatic rings. The Hall–Kier alpha value is -1.54. The summed E-state index contributed by atoms with van der Waals surface area (Å²) in [5.41, 5.74) is 3.38. The van der Waals surface area contributed by atoms with Gasteiger partial charge in [-0.3, -0.25) is 9.59 Å². The number of hydrogen-bond acceptors (Lipinski definition) is 8. The molecular weight excluding hydrogens is 655 g/mol. The Labute approximate surface area is 321 Å². The van der Waals surface area contributed by atoms with Crippen molar-refractivity contribution in [1.82, 2.24) is 15.1 Å². The van der Waals surface area contributed by atoms with Crippen LogP contribution in [0, 0.1) is 0 Å². The van der Waals surface area contributed by atoms with Crippen LogP contribution in [0.1, 0.15) is 25.8 Å². The average Bonchev–Trinajstić information content (AvgIpc) is 3.24. The molecule has 232 valence electrons. The van der Waals surface area contributed by atoms with E-state index in [0.717, 1.165) is 30.1 Å². The van der Waals surface area contributed by atoms with Crippen molar-refractivity contribution in [2.45, 2.75) is 58.7 Å². The summed E-state index contributed by atoms with van der Waals surface area (Å²) in [6, 6.07) is 22.4. The van der Waals surface area contributed by atoms with E-state index in [1.165, 1.54) is 37.8 Å². The monoisotopic (exact) mass is 690 g/mol. The molecule has 45 heavy (non-hydrogen) atoms. The van der Waals surface area contributed by atoms with Crippen molar-refractivity contribution in [2.75, 3.05) is 32.1 Å². The van der Waals surface area contributed by atoms with Gasteiger partial charge in [0.05, 0.1) is 29.8 Å². The molecule has 3 heterocycles. The Morgan fingerprint density at radius 3 is 2.36 bits per heavy atom. The van der Waals surface area contributed by atoms with Gasteiger partial charge in [0.15, 0.2) is 0 Å². The van der Waals surface area contributed by atoms with Crippen LogP contribution < -0.4 is 66.7 Å². The van der Waals surface area contributed by atoms with Crippen LogP contribution >= 0.6 is 35.1 Å². The van der Waals surface area contributed by atoms with Crippen LogP contribution in [0.3, 0.4) is 0 Å². The summed E-state index contributed by atoms with van der Waals surface area (Å²) in [6.07, 6.45) is 1.31. The number of para-hydroxylation sites is 1. The number of benzene rings is 3. The molecule has 1 N–H and O–H groups in total. The smallest absolute Gasteiger partial charge is 0.548 e. The van der Waals surface area contributed by atoms with Gasteiger partial charge < -0.3 is 29.9 Å². The number of carbonyl (C=O) groups is 3.